The Labute approximate surface area is 159 Å². The maximum Gasteiger partial charge on any atom is 0.279 e. The third kappa shape index (κ3) is 5.41. The van der Waals surface area contributed by atoms with Gasteiger partial charge in [0.15, 0.2) is 13.1 Å². The lowest BCUT2D eigenvalue weighted by atomic mass is 10.1. The lowest BCUT2D eigenvalue weighted by Gasteiger charge is -2.20. The summed E-state index contributed by atoms with van der Waals surface area (Å²) in [5.41, 5.74) is 4.15. The second-order valence-corrected chi connectivity index (χ2v) is 7.90. The number of hydrogen-bond donors (Lipinski definition) is 2. The van der Waals surface area contributed by atoms with Gasteiger partial charge in [0.2, 0.25) is 0 Å². The van der Waals surface area contributed by atoms with E-state index < -0.39 is 0 Å². The number of nitrogens with zero attached hydrogens (tertiary/aromatic N) is 1. The van der Waals surface area contributed by atoms with E-state index in [-0.39, 0.29) is 18.4 Å². The molecule has 0 bridgehead atoms. The highest BCUT2D eigenvalue weighted by Crippen LogP contribution is 2.19. The first kappa shape index (κ1) is 20.1. The van der Waals surface area contributed by atoms with Gasteiger partial charge in [-0.3, -0.25) is 9.59 Å². The third-order valence-electron chi connectivity index (χ3n) is 4.44. The summed E-state index contributed by atoms with van der Waals surface area (Å²) in [6.07, 6.45) is 0. The zero-order valence-electron chi connectivity index (χ0n) is 16.2. The van der Waals surface area contributed by atoms with Crippen molar-refractivity contribution in [2.75, 3.05) is 32.5 Å². The van der Waals surface area contributed by atoms with Gasteiger partial charge in [-0.1, -0.05) is 18.2 Å². The van der Waals surface area contributed by atoms with Gasteiger partial charge in [0.1, 0.15) is 0 Å². The highest BCUT2D eigenvalue weighted by Gasteiger charge is 2.19. The number of quaternary nitrogens is 1. The van der Waals surface area contributed by atoms with Crippen LogP contribution in [0.1, 0.15) is 21.6 Å². The smallest absolute Gasteiger partial charge is 0.279 e. The molecule has 0 saturated carbocycles. The predicted molar refractivity (Wildman–Crippen MR) is 107 cm³/mol. The van der Waals surface area contributed by atoms with E-state index in [1.165, 1.54) is 10.4 Å². The van der Waals surface area contributed by atoms with Crippen LogP contribution in [-0.2, 0) is 16.1 Å². The highest BCUT2D eigenvalue weighted by molar-refractivity contribution is 7.10. The molecule has 5 nitrogen and oxygen atoms in total. The van der Waals surface area contributed by atoms with Crippen molar-refractivity contribution < 1.29 is 14.5 Å². The highest BCUT2D eigenvalue weighted by atomic mass is 32.1. The molecule has 1 aromatic heterocycles. The Kier molecular flexibility index (Phi) is 6.94. The van der Waals surface area contributed by atoms with E-state index in [0.29, 0.717) is 13.1 Å². The van der Waals surface area contributed by atoms with Crippen molar-refractivity contribution in [2.45, 2.75) is 27.3 Å². The van der Waals surface area contributed by atoms with E-state index >= 15 is 0 Å². The zero-order valence-corrected chi connectivity index (χ0v) is 17.0. The molecule has 0 aliphatic heterocycles. The van der Waals surface area contributed by atoms with E-state index in [1.54, 1.807) is 16.2 Å². The Balaban J connectivity index is 1.85. The first-order valence-corrected chi connectivity index (χ1v) is 9.60. The number of aryl methyl sites for hydroxylation is 3. The number of hydrogen-bond acceptors (Lipinski definition) is 3. The van der Waals surface area contributed by atoms with Crippen LogP contribution < -0.4 is 10.2 Å². The Hall–Kier alpha value is -2.18. The minimum Gasteiger partial charge on any atom is -0.336 e. The van der Waals surface area contributed by atoms with Crippen LogP contribution in [0.3, 0.4) is 0 Å². The van der Waals surface area contributed by atoms with E-state index in [1.807, 2.05) is 51.5 Å². The van der Waals surface area contributed by atoms with Crippen LogP contribution >= 0.6 is 11.3 Å². The number of anilines is 1. The van der Waals surface area contributed by atoms with Crippen LogP contribution in [0.4, 0.5) is 5.69 Å². The molecule has 26 heavy (non-hydrogen) atoms. The summed E-state index contributed by atoms with van der Waals surface area (Å²) in [6.45, 7) is 7.17. The summed E-state index contributed by atoms with van der Waals surface area (Å²) in [7, 11) is 3.68. The van der Waals surface area contributed by atoms with Crippen molar-refractivity contribution in [1.82, 2.24) is 4.90 Å². The Bertz CT molecular complexity index is 765. The summed E-state index contributed by atoms with van der Waals surface area (Å²) in [5.74, 6) is -0.0420. The normalized spacial score (nSPS) is 11.9. The number of thiophene rings is 1. The zero-order chi connectivity index (χ0) is 19.3. The molecule has 2 rings (SSSR count). The fourth-order valence-corrected chi connectivity index (χ4v) is 3.75. The number of carbonyl (C=O) groups excluding carboxylic acids is 2. The van der Waals surface area contributed by atoms with E-state index in [0.717, 1.165) is 21.7 Å². The van der Waals surface area contributed by atoms with Crippen LogP contribution in [0, 0.1) is 20.8 Å². The molecule has 2 N–H and O–H groups in total. The fraction of sp³-hybridized carbons (Fsp3) is 0.400. The van der Waals surface area contributed by atoms with Crippen molar-refractivity contribution in [2.24, 2.45) is 0 Å². The quantitative estimate of drug-likeness (QED) is 0.776. The Morgan fingerprint density at radius 2 is 1.73 bits per heavy atom. The van der Waals surface area contributed by atoms with Crippen molar-refractivity contribution >= 4 is 28.8 Å². The summed E-state index contributed by atoms with van der Waals surface area (Å²) in [4.78, 5) is 28.5. The average Bonchev–Trinajstić information content (AvgIpc) is 2.95. The van der Waals surface area contributed by atoms with E-state index in [4.69, 9.17) is 0 Å². The minimum atomic E-state index is -0.0792. The van der Waals surface area contributed by atoms with Gasteiger partial charge in [0.05, 0.1) is 13.6 Å². The third-order valence-corrected chi connectivity index (χ3v) is 5.44. The van der Waals surface area contributed by atoms with Crippen molar-refractivity contribution in [3.63, 3.8) is 0 Å². The van der Waals surface area contributed by atoms with Gasteiger partial charge in [-0.05, 0) is 48.9 Å². The number of nitrogens with one attached hydrogen (secondary N) is 2. The van der Waals surface area contributed by atoms with Gasteiger partial charge in [-0.2, -0.15) is 0 Å². The van der Waals surface area contributed by atoms with Gasteiger partial charge in [0.25, 0.3) is 11.8 Å². The number of carbonyl (C=O) groups is 2. The maximum atomic E-state index is 12.4. The van der Waals surface area contributed by atoms with Crippen molar-refractivity contribution in [1.29, 1.82) is 0 Å². The van der Waals surface area contributed by atoms with Gasteiger partial charge in [0, 0.05) is 17.6 Å². The Morgan fingerprint density at radius 1 is 1.08 bits per heavy atom. The summed E-state index contributed by atoms with van der Waals surface area (Å²) in [6, 6.07) is 7.99. The maximum absolute atomic E-state index is 12.4. The van der Waals surface area contributed by atoms with Gasteiger partial charge in [-0.25, -0.2) is 0 Å². The first-order chi connectivity index (χ1) is 12.3. The second-order valence-electron chi connectivity index (χ2n) is 6.90. The molecule has 0 aliphatic carbocycles. The summed E-state index contributed by atoms with van der Waals surface area (Å²) in [5, 5.41) is 5.01. The molecule has 0 aliphatic rings. The molecule has 0 saturated heterocycles. The summed E-state index contributed by atoms with van der Waals surface area (Å²) < 4.78 is 0. The predicted octanol–water partition coefficient (Wildman–Crippen LogP) is 1.79. The van der Waals surface area contributed by atoms with Crippen molar-refractivity contribution in [3.05, 3.63) is 51.2 Å². The summed E-state index contributed by atoms with van der Waals surface area (Å²) >= 11 is 1.66. The monoisotopic (exact) mass is 374 g/mol. The van der Waals surface area contributed by atoms with E-state index in [2.05, 4.69) is 18.3 Å². The SMILES string of the molecule is Cc1ccsc1CN(C)C(=O)C[NH+](C)CC(=O)Nc1c(C)cccc1C. The van der Waals surface area contributed by atoms with Crippen LogP contribution in [0.2, 0.25) is 0 Å². The molecule has 6 heteroatoms. The lowest BCUT2D eigenvalue weighted by Crippen LogP contribution is -3.11. The number of likely N-dealkylation sites (N-methyl/N-ethyl adjacent to an activating group) is 2. The van der Waals surface area contributed by atoms with E-state index in [9.17, 15) is 9.59 Å². The standard InChI is InChI=1S/C20H27N3O2S/c1-14-9-10-26-17(14)11-23(5)19(25)13-22(4)12-18(24)21-20-15(2)7-6-8-16(20)3/h6-10H,11-13H2,1-5H3,(H,21,24)/p+1. The number of benzene rings is 1. The number of rotatable bonds is 7. The molecule has 0 radical (unpaired) electrons. The van der Waals surface area contributed by atoms with Crippen LogP contribution in [0.5, 0.6) is 0 Å². The van der Waals surface area contributed by atoms with Crippen LogP contribution in [0.25, 0.3) is 0 Å². The Morgan fingerprint density at radius 3 is 2.31 bits per heavy atom. The molecule has 1 unspecified atom stereocenters. The number of para-hydroxylation sites is 1. The molecular weight excluding hydrogens is 346 g/mol. The van der Waals surface area contributed by atoms with Gasteiger partial charge >= 0.3 is 0 Å². The minimum absolute atomic E-state index is 0.0372. The van der Waals surface area contributed by atoms with Crippen molar-refractivity contribution in [3.8, 4) is 0 Å². The van der Waals surface area contributed by atoms with Gasteiger partial charge in [-0.15, -0.1) is 11.3 Å². The molecule has 2 aromatic rings. The van der Waals surface area contributed by atoms with Crippen LogP contribution in [-0.4, -0.2) is 43.9 Å². The number of amides is 2. The molecule has 1 heterocycles. The molecule has 0 spiro atoms. The van der Waals surface area contributed by atoms with Crippen LogP contribution in [0.15, 0.2) is 29.6 Å². The molecule has 0 fully saturated rings. The molecule has 140 valence electrons. The largest absolute Gasteiger partial charge is 0.336 e. The lowest BCUT2D eigenvalue weighted by molar-refractivity contribution is -0.862. The molecular formula is C20H28N3O2S+. The van der Waals surface area contributed by atoms with Gasteiger partial charge < -0.3 is 15.1 Å². The molecule has 1 aromatic carbocycles. The first-order valence-electron chi connectivity index (χ1n) is 8.72. The molecule has 2 amide bonds. The second kappa shape index (κ2) is 8.96. The molecule has 1 atom stereocenters. The fourth-order valence-electron chi connectivity index (χ4n) is 2.79. The average molecular weight is 375 g/mol. The topological polar surface area (TPSA) is 53.9 Å².